The lowest BCUT2D eigenvalue weighted by atomic mass is 9.99. The summed E-state index contributed by atoms with van der Waals surface area (Å²) >= 11 is 0. The van der Waals surface area contributed by atoms with E-state index in [1.807, 2.05) is 78.9 Å². The maximum absolute atomic E-state index is 12.5. The van der Waals surface area contributed by atoms with Gasteiger partial charge in [-0.1, -0.05) is 60.7 Å². The van der Waals surface area contributed by atoms with Crippen molar-refractivity contribution in [3.63, 3.8) is 0 Å². The predicted octanol–water partition coefficient (Wildman–Crippen LogP) is 3.34. The summed E-state index contributed by atoms with van der Waals surface area (Å²) in [4.78, 5) is 20.4. The highest BCUT2D eigenvalue weighted by molar-refractivity contribution is 6.10. The Morgan fingerprint density at radius 1 is 1.00 bits per heavy atom. The second kappa shape index (κ2) is 10.7. The quantitative estimate of drug-likeness (QED) is 0.347. The summed E-state index contributed by atoms with van der Waals surface area (Å²) in [5, 5.41) is 27.1. The number of aromatic amines is 1. The van der Waals surface area contributed by atoms with Crippen LogP contribution in [0.5, 0.6) is 0 Å². The van der Waals surface area contributed by atoms with Gasteiger partial charge in [-0.15, -0.1) is 0 Å². The zero-order valence-corrected chi connectivity index (χ0v) is 18.8. The normalized spacial score (nSPS) is 22.1. The van der Waals surface area contributed by atoms with E-state index >= 15 is 0 Å². The number of nitrogens with one attached hydrogen (secondary N) is 1. The number of imidazole rings is 1. The lowest BCUT2D eigenvalue weighted by molar-refractivity contribution is -0.170. The van der Waals surface area contributed by atoms with Gasteiger partial charge in [0.1, 0.15) is 11.9 Å². The Kier molecular flexibility index (Phi) is 7.49. The van der Waals surface area contributed by atoms with Crippen LogP contribution in [0.15, 0.2) is 78.9 Å². The number of rotatable bonds is 4. The van der Waals surface area contributed by atoms with Crippen LogP contribution in [0.2, 0.25) is 0 Å². The second-order valence-electron chi connectivity index (χ2n) is 8.32. The van der Waals surface area contributed by atoms with Gasteiger partial charge in [-0.3, -0.25) is 4.79 Å². The molecule has 176 valence electrons. The SMILES string of the molecule is C[C@H]1OC(CO)CC(O)C1O.O=C(c1ccccc1)c1ccc2nc(-c3ccccc3)[nH]c2c1. The zero-order valence-electron chi connectivity index (χ0n) is 18.8. The van der Waals surface area contributed by atoms with Crippen LogP contribution in [0.1, 0.15) is 29.3 Å². The molecule has 4 atom stereocenters. The Balaban J connectivity index is 0.000000210. The molecule has 3 aromatic carbocycles. The molecule has 1 aliphatic heterocycles. The number of carbonyl (C=O) groups is 1. The fourth-order valence-electron chi connectivity index (χ4n) is 3.92. The van der Waals surface area contributed by atoms with E-state index in [0.29, 0.717) is 17.5 Å². The van der Waals surface area contributed by atoms with E-state index in [0.717, 1.165) is 22.4 Å². The van der Waals surface area contributed by atoms with E-state index in [2.05, 4.69) is 9.97 Å². The first kappa shape index (κ1) is 23.8. The summed E-state index contributed by atoms with van der Waals surface area (Å²) in [6.45, 7) is 1.57. The summed E-state index contributed by atoms with van der Waals surface area (Å²) in [7, 11) is 0. The minimum Gasteiger partial charge on any atom is -0.394 e. The van der Waals surface area contributed by atoms with Gasteiger partial charge < -0.3 is 25.0 Å². The summed E-state index contributed by atoms with van der Waals surface area (Å²) in [6.07, 6.45) is -2.00. The average molecular weight is 461 g/mol. The molecule has 4 aromatic rings. The monoisotopic (exact) mass is 460 g/mol. The molecule has 5 rings (SSSR count). The number of benzene rings is 3. The van der Waals surface area contributed by atoms with Gasteiger partial charge in [0.25, 0.3) is 0 Å². The van der Waals surface area contributed by atoms with Crippen molar-refractivity contribution >= 4 is 16.8 Å². The van der Waals surface area contributed by atoms with Crippen molar-refractivity contribution in [3.05, 3.63) is 90.0 Å². The smallest absolute Gasteiger partial charge is 0.193 e. The van der Waals surface area contributed by atoms with Crippen LogP contribution in [-0.2, 0) is 4.74 Å². The third-order valence-corrected chi connectivity index (χ3v) is 5.82. The first-order valence-electron chi connectivity index (χ1n) is 11.2. The molecule has 1 aliphatic rings. The van der Waals surface area contributed by atoms with Crippen LogP contribution in [0.4, 0.5) is 0 Å². The number of aliphatic hydroxyl groups is 3. The van der Waals surface area contributed by atoms with Crippen LogP contribution in [0.25, 0.3) is 22.4 Å². The molecule has 0 aliphatic carbocycles. The third-order valence-electron chi connectivity index (χ3n) is 5.82. The molecule has 0 saturated carbocycles. The zero-order chi connectivity index (χ0) is 24.1. The Bertz CT molecular complexity index is 1210. The fourth-order valence-corrected chi connectivity index (χ4v) is 3.92. The molecule has 1 saturated heterocycles. The van der Waals surface area contributed by atoms with Gasteiger partial charge in [-0.05, 0) is 25.1 Å². The molecule has 0 bridgehead atoms. The molecular weight excluding hydrogens is 432 g/mol. The van der Waals surface area contributed by atoms with Crippen molar-refractivity contribution in [2.75, 3.05) is 6.61 Å². The van der Waals surface area contributed by atoms with E-state index in [9.17, 15) is 15.0 Å². The number of ketones is 1. The van der Waals surface area contributed by atoms with Crippen LogP contribution in [0.3, 0.4) is 0 Å². The van der Waals surface area contributed by atoms with Crippen LogP contribution in [-0.4, -0.2) is 62.1 Å². The number of nitrogens with zero attached hydrogens (tertiary/aromatic N) is 1. The molecule has 3 unspecified atom stereocenters. The van der Waals surface area contributed by atoms with Crippen molar-refractivity contribution in [2.24, 2.45) is 0 Å². The molecular formula is C27H28N2O5. The summed E-state index contributed by atoms with van der Waals surface area (Å²) in [5.41, 5.74) is 4.10. The molecule has 1 fully saturated rings. The number of ether oxygens (including phenoxy) is 1. The molecule has 0 spiro atoms. The second-order valence-corrected chi connectivity index (χ2v) is 8.32. The maximum atomic E-state index is 12.5. The number of aromatic nitrogens is 2. The number of aliphatic hydroxyl groups excluding tert-OH is 3. The largest absolute Gasteiger partial charge is 0.394 e. The standard InChI is InChI=1S/C20H14N2O.C7H14O4/c23-19(14-7-3-1-4-8-14)16-11-12-17-18(13-16)22-20(21-17)15-9-5-2-6-10-15;1-4-7(10)6(9)2-5(3-8)11-4/h1-13H,(H,21,22);4-10H,2-3H2,1H3/t;4-,5?,6?,7?/m.1/s1. The van der Waals surface area contributed by atoms with Crippen molar-refractivity contribution in [1.82, 2.24) is 9.97 Å². The summed E-state index contributed by atoms with van der Waals surface area (Å²) in [5.74, 6) is 0.827. The average Bonchev–Trinajstić information content (AvgIpc) is 3.31. The number of carbonyl (C=O) groups excluding carboxylic acids is 1. The highest BCUT2D eigenvalue weighted by atomic mass is 16.5. The molecule has 7 heteroatoms. The van der Waals surface area contributed by atoms with Gasteiger partial charge >= 0.3 is 0 Å². The fraction of sp³-hybridized carbons (Fsp3) is 0.259. The predicted molar refractivity (Wildman–Crippen MR) is 129 cm³/mol. The Hall–Kier alpha value is -3.36. The lowest BCUT2D eigenvalue weighted by Gasteiger charge is -2.34. The maximum Gasteiger partial charge on any atom is 0.193 e. The van der Waals surface area contributed by atoms with Crippen molar-refractivity contribution < 1.29 is 24.9 Å². The number of hydrogen-bond acceptors (Lipinski definition) is 6. The highest BCUT2D eigenvalue weighted by Gasteiger charge is 2.33. The Morgan fingerprint density at radius 3 is 2.32 bits per heavy atom. The minimum absolute atomic E-state index is 0.0170. The molecule has 1 aromatic heterocycles. The van der Waals surface area contributed by atoms with Gasteiger partial charge in [-0.25, -0.2) is 4.98 Å². The van der Waals surface area contributed by atoms with E-state index in [4.69, 9.17) is 9.84 Å². The molecule has 34 heavy (non-hydrogen) atoms. The molecule has 2 heterocycles. The summed E-state index contributed by atoms with van der Waals surface area (Å²) in [6, 6.07) is 24.8. The van der Waals surface area contributed by atoms with E-state index in [1.165, 1.54) is 0 Å². The Morgan fingerprint density at radius 2 is 1.68 bits per heavy atom. The molecule has 4 N–H and O–H groups in total. The highest BCUT2D eigenvalue weighted by Crippen LogP contribution is 2.22. The van der Waals surface area contributed by atoms with Crippen LogP contribution in [0, 0.1) is 0 Å². The number of H-pyrrole nitrogens is 1. The number of fused-ring (bicyclic) bond motifs is 1. The first-order valence-corrected chi connectivity index (χ1v) is 11.2. The van der Waals surface area contributed by atoms with E-state index in [-0.39, 0.29) is 18.5 Å². The van der Waals surface area contributed by atoms with Gasteiger partial charge in [0.2, 0.25) is 0 Å². The third kappa shape index (κ3) is 5.40. The minimum atomic E-state index is -0.821. The van der Waals surface area contributed by atoms with Crippen molar-refractivity contribution in [2.45, 2.75) is 37.8 Å². The molecule has 0 radical (unpaired) electrons. The number of hydrogen-bond donors (Lipinski definition) is 4. The topological polar surface area (TPSA) is 116 Å². The van der Waals surface area contributed by atoms with Gasteiger partial charge in [0.15, 0.2) is 5.78 Å². The van der Waals surface area contributed by atoms with Crippen LogP contribution < -0.4 is 0 Å². The molecule has 7 nitrogen and oxygen atoms in total. The van der Waals surface area contributed by atoms with Gasteiger partial charge in [-0.2, -0.15) is 0 Å². The van der Waals surface area contributed by atoms with Crippen molar-refractivity contribution in [1.29, 1.82) is 0 Å². The summed E-state index contributed by atoms with van der Waals surface area (Å²) < 4.78 is 5.16. The van der Waals surface area contributed by atoms with E-state index in [1.54, 1.807) is 6.92 Å². The van der Waals surface area contributed by atoms with Crippen LogP contribution >= 0.6 is 0 Å². The van der Waals surface area contributed by atoms with Gasteiger partial charge in [0, 0.05) is 23.1 Å². The van der Waals surface area contributed by atoms with Gasteiger partial charge in [0.05, 0.1) is 36.0 Å². The first-order chi connectivity index (χ1) is 16.5. The van der Waals surface area contributed by atoms with Crippen molar-refractivity contribution in [3.8, 4) is 11.4 Å². The lowest BCUT2D eigenvalue weighted by Crippen LogP contribution is -2.47. The molecule has 0 amide bonds. The van der Waals surface area contributed by atoms with E-state index < -0.39 is 18.3 Å². The Labute approximate surface area is 197 Å².